The van der Waals surface area contributed by atoms with E-state index < -0.39 is 0 Å². The molecule has 1 unspecified atom stereocenters. The number of nitrogens with one attached hydrogen (secondary N) is 1. The molecule has 2 aliphatic heterocycles. The Balaban J connectivity index is 2.01. The summed E-state index contributed by atoms with van der Waals surface area (Å²) < 4.78 is 0.957. The van der Waals surface area contributed by atoms with Crippen LogP contribution in [0, 0.1) is 0 Å². The summed E-state index contributed by atoms with van der Waals surface area (Å²) in [7, 11) is 0. The molecular weight excluding hydrogens is 270 g/mol. The van der Waals surface area contributed by atoms with Gasteiger partial charge in [0.15, 0.2) is 0 Å². The molecule has 0 radical (unpaired) electrons. The lowest BCUT2D eigenvalue weighted by Gasteiger charge is -2.19. The van der Waals surface area contributed by atoms with Crippen LogP contribution < -0.4 is 5.32 Å². The molecule has 1 aromatic rings. The quantitative estimate of drug-likeness (QED) is 0.788. The molecule has 0 saturated carbocycles. The Morgan fingerprint density at radius 1 is 1.56 bits per heavy atom. The van der Waals surface area contributed by atoms with E-state index in [-0.39, 0.29) is 11.9 Å². The number of carbonyl (C=O) groups excluding carboxylic acids is 1. The molecule has 1 N–H and O–H groups in total. The van der Waals surface area contributed by atoms with E-state index in [1.807, 2.05) is 6.07 Å². The van der Waals surface area contributed by atoms with Gasteiger partial charge in [-0.3, -0.25) is 9.69 Å². The van der Waals surface area contributed by atoms with Gasteiger partial charge in [0, 0.05) is 22.8 Å². The van der Waals surface area contributed by atoms with E-state index in [1.54, 1.807) is 6.20 Å². The maximum Gasteiger partial charge on any atom is 0.242 e. The van der Waals surface area contributed by atoms with Crippen LogP contribution >= 0.6 is 15.9 Å². The lowest BCUT2D eigenvalue weighted by Crippen LogP contribution is -2.36. The maximum absolute atomic E-state index is 11.9. The van der Waals surface area contributed by atoms with Crippen molar-refractivity contribution in [2.75, 3.05) is 11.9 Å². The fourth-order valence-electron chi connectivity index (χ4n) is 2.45. The number of hydrogen-bond acceptors (Lipinski definition) is 3. The van der Waals surface area contributed by atoms with Crippen LogP contribution in [0.4, 0.5) is 5.82 Å². The fraction of sp³-hybridized carbons (Fsp3) is 0.455. The molecule has 16 heavy (non-hydrogen) atoms. The zero-order valence-electron chi connectivity index (χ0n) is 8.74. The molecule has 1 atom stereocenters. The number of aromatic nitrogens is 1. The molecule has 1 amide bonds. The van der Waals surface area contributed by atoms with Gasteiger partial charge in [0.25, 0.3) is 0 Å². The number of anilines is 1. The zero-order chi connectivity index (χ0) is 11.1. The van der Waals surface area contributed by atoms with Gasteiger partial charge in [-0.15, -0.1) is 0 Å². The Morgan fingerprint density at radius 3 is 3.31 bits per heavy atom. The number of pyridine rings is 1. The van der Waals surface area contributed by atoms with Crippen molar-refractivity contribution in [2.45, 2.75) is 25.4 Å². The van der Waals surface area contributed by atoms with Crippen molar-refractivity contribution < 1.29 is 4.79 Å². The van der Waals surface area contributed by atoms with Crippen LogP contribution in [0.15, 0.2) is 16.7 Å². The number of hydrogen-bond donors (Lipinski definition) is 1. The molecule has 2 aliphatic rings. The van der Waals surface area contributed by atoms with Gasteiger partial charge >= 0.3 is 0 Å². The van der Waals surface area contributed by atoms with Gasteiger partial charge in [-0.25, -0.2) is 4.98 Å². The molecule has 3 heterocycles. The SMILES string of the molecule is O=C1Nc2ncc(Br)cc2CN2CCCC12. The molecule has 0 aromatic carbocycles. The van der Waals surface area contributed by atoms with Crippen molar-refractivity contribution in [2.24, 2.45) is 0 Å². The second kappa shape index (κ2) is 3.82. The molecule has 4 nitrogen and oxygen atoms in total. The number of carbonyl (C=O) groups is 1. The normalized spacial score (nSPS) is 24.6. The first-order valence-electron chi connectivity index (χ1n) is 5.43. The monoisotopic (exact) mass is 281 g/mol. The molecular formula is C11H12BrN3O. The maximum atomic E-state index is 11.9. The lowest BCUT2D eigenvalue weighted by atomic mass is 10.2. The molecule has 0 aliphatic carbocycles. The van der Waals surface area contributed by atoms with Crippen molar-refractivity contribution in [3.63, 3.8) is 0 Å². The Labute approximate surface area is 102 Å². The molecule has 1 fully saturated rings. The molecule has 0 bridgehead atoms. The van der Waals surface area contributed by atoms with Gasteiger partial charge in [-0.05, 0) is 41.4 Å². The largest absolute Gasteiger partial charge is 0.309 e. The van der Waals surface area contributed by atoms with Gasteiger partial charge in [0.1, 0.15) is 5.82 Å². The van der Waals surface area contributed by atoms with Crippen molar-refractivity contribution in [3.8, 4) is 0 Å². The topological polar surface area (TPSA) is 45.2 Å². The number of fused-ring (bicyclic) bond motifs is 2. The Hall–Kier alpha value is -0.940. The number of rotatable bonds is 0. The highest BCUT2D eigenvalue weighted by molar-refractivity contribution is 9.10. The molecule has 84 valence electrons. The van der Waals surface area contributed by atoms with E-state index in [0.717, 1.165) is 36.0 Å². The number of halogens is 1. The number of amides is 1. The molecule has 5 heteroatoms. The van der Waals surface area contributed by atoms with Gasteiger partial charge in [0.2, 0.25) is 5.91 Å². The van der Waals surface area contributed by atoms with Gasteiger partial charge in [-0.2, -0.15) is 0 Å². The summed E-state index contributed by atoms with van der Waals surface area (Å²) in [6.07, 6.45) is 3.78. The van der Waals surface area contributed by atoms with E-state index in [2.05, 4.69) is 31.1 Å². The summed E-state index contributed by atoms with van der Waals surface area (Å²) in [5.41, 5.74) is 1.09. The van der Waals surface area contributed by atoms with Crippen molar-refractivity contribution in [3.05, 3.63) is 22.3 Å². The smallest absolute Gasteiger partial charge is 0.242 e. The summed E-state index contributed by atoms with van der Waals surface area (Å²) in [6, 6.07) is 2.07. The summed E-state index contributed by atoms with van der Waals surface area (Å²) in [4.78, 5) is 18.4. The molecule has 3 rings (SSSR count). The van der Waals surface area contributed by atoms with E-state index >= 15 is 0 Å². The van der Waals surface area contributed by atoms with Crippen LogP contribution in [0.3, 0.4) is 0 Å². The first kappa shape index (κ1) is 10.2. The van der Waals surface area contributed by atoms with Gasteiger partial charge in [-0.1, -0.05) is 0 Å². The van der Waals surface area contributed by atoms with Gasteiger partial charge in [0.05, 0.1) is 6.04 Å². The predicted molar refractivity (Wildman–Crippen MR) is 64.0 cm³/mol. The highest BCUT2D eigenvalue weighted by Gasteiger charge is 2.34. The fourth-order valence-corrected chi connectivity index (χ4v) is 2.82. The van der Waals surface area contributed by atoms with Crippen LogP contribution in [-0.2, 0) is 11.3 Å². The van der Waals surface area contributed by atoms with Crippen LogP contribution in [0.1, 0.15) is 18.4 Å². The van der Waals surface area contributed by atoms with Gasteiger partial charge < -0.3 is 5.32 Å². The minimum Gasteiger partial charge on any atom is -0.309 e. The molecule has 0 spiro atoms. The predicted octanol–water partition coefficient (Wildman–Crippen LogP) is 1.76. The Kier molecular flexibility index (Phi) is 2.44. The average molecular weight is 282 g/mol. The van der Waals surface area contributed by atoms with E-state index in [0.29, 0.717) is 5.82 Å². The van der Waals surface area contributed by atoms with Crippen molar-refractivity contribution >= 4 is 27.7 Å². The summed E-state index contributed by atoms with van der Waals surface area (Å²) in [6.45, 7) is 1.81. The second-order valence-electron chi connectivity index (χ2n) is 4.28. The Morgan fingerprint density at radius 2 is 2.44 bits per heavy atom. The highest BCUT2D eigenvalue weighted by atomic mass is 79.9. The second-order valence-corrected chi connectivity index (χ2v) is 5.19. The minimum absolute atomic E-state index is 0.0352. The van der Waals surface area contributed by atoms with Crippen LogP contribution in [0.25, 0.3) is 0 Å². The summed E-state index contributed by atoms with van der Waals surface area (Å²) >= 11 is 3.41. The van der Waals surface area contributed by atoms with Crippen molar-refractivity contribution in [1.82, 2.24) is 9.88 Å². The van der Waals surface area contributed by atoms with Crippen LogP contribution in [0.2, 0.25) is 0 Å². The number of nitrogens with zero attached hydrogens (tertiary/aromatic N) is 2. The highest BCUT2D eigenvalue weighted by Crippen LogP contribution is 2.28. The third-order valence-corrected chi connectivity index (χ3v) is 3.65. The minimum atomic E-state index is 0.0352. The third kappa shape index (κ3) is 1.64. The summed E-state index contributed by atoms with van der Waals surface area (Å²) in [5, 5.41) is 2.91. The first-order valence-corrected chi connectivity index (χ1v) is 6.23. The molecule has 1 saturated heterocycles. The van der Waals surface area contributed by atoms with Crippen molar-refractivity contribution in [1.29, 1.82) is 0 Å². The first-order chi connectivity index (χ1) is 7.74. The Bertz CT molecular complexity index is 449. The molecule has 1 aromatic heterocycles. The van der Waals surface area contributed by atoms with E-state index in [9.17, 15) is 4.79 Å². The van der Waals surface area contributed by atoms with E-state index in [4.69, 9.17) is 0 Å². The summed E-state index contributed by atoms with van der Waals surface area (Å²) in [5.74, 6) is 0.800. The van der Waals surface area contributed by atoms with Crippen LogP contribution in [-0.4, -0.2) is 28.4 Å². The van der Waals surface area contributed by atoms with Crippen LogP contribution in [0.5, 0.6) is 0 Å². The lowest BCUT2D eigenvalue weighted by molar-refractivity contribution is -0.120. The standard InChI is InChI=1S/C11H12BrN3O/c12-8-4-7-6-15-3-1-2-9(15)11(16)14-10(7)13-5-8/h4-5,9H,1-3,6H2,(H,13,14,16). The zero-order valence-corrected chi connectivity index (χ0v) is 10.3. The third-order valence-electron chi connectivity index (χ3n) is 3.21. The van der Waals surface area contributed by atoms with E-state index in [1.165, 1.54) is 0 Å². The average Bonchev–Trinajstić information content (AvgIpc) is 2.65.